The van der Waals surface area contributed by atoms with Crippen molar-refractivity contribution in [2.24, 2.45) is 0 Å². The average molecular weight is 312 g/mol. The summed E-state index contributed by atoms with van der Waals surface area (Å²) in [5.41, 5.74) is 3.11. The van der Waals surface area contributed by atoms with E-state index in [1.165, 1.54) is 5.56 Å². The minimum absolute atomic E-state index is 0.0329. The summed E-state index contributed by atoms with van der Waals surface area (Å²) in [6.45, 7) is 2.38. The number of aryl methyl sites for hydroxylation is 1. The Labute approximate surface area is 137 Å². The number of nitrogens with one attached hydrogen (secondary N) is 2. The van der Waals surface area contributed by atoms with Crippen LogP contribution >= 0.6 is 0 Å². The van der Waals surface area contributed by atoms with Crippen molar-refractivity contribution in [3.05, 3.63) is 65.7 Å². The van der Waals surface area contributed by atoms with Crippen LogP contribution in [-0.2, 0) is 11.2 Å². The molecule has 0 aliphatic carbocycles. The van der Waals surface area contributed by atoms with Crippen LogP contribution in [0.15, 0.2) is 54.6 Å². The van der Waals surface area contributed by atoms with Gasteiger partial charge in [-0.25, -0.2) is 0 Å². The van der Waals surface area contributed by atoms with E-state index >= 15 is 0 Å². The maximum atomic E-state index is 12.1. The fourth-order valence-corrected chi connectivity index (χ4v) is 2.45. The van der Waals surface area contributed by atoms with Crippen LogP contribution in [0.25, 0.3) is 0 Å². The van der Waals surface area contributed by atoms with Gasteiger partial charge < -0.3 is 15.7 Å². The lowest BCUT2D eigenvalue weighted by molar-refractivity contribution is -0.115. The van der Waals surface area contributed by atoms with Crippen molar-refractivity contribution in [2.45, 2.75) is 25.8 Å². The van der Waals surface area contributed by atoms with Gasteiger partial charge in [0.15, 0.2) is 0 Å². The minimum Gasteiger partial charge on any atom is -0.396 e. The summed E-state index contributed by atoms with van der Waals surface area (Å²) >= 11 is 0. The monoisotopic (exact) mass is 312 g/mol. The first-order valence-corrected chi connectivity index (χ1v) is 8.01. The van der Waals surface area contributed by atoms with Crippen molar-refractivity contribution in [3.8, 4) is 0 Å². The quantitative estimate of drug-likeness (QED) is 0.702. The van der Waals surface area contributed by atoms with Crippen molar-refractivity contribution in [1.29, 1.82) is 0 Å². The highest BCUT2D eigenvalue weighted by molar-refractivity contribution is 5.92. The van der Waals surface area contributed by atoms with Gasteiger partial charge in [-0.15, -0.1) is 0 Å². The number of carbonyl (C=O) groups excluding carboxylic acids is 1. The molecule has 0 aromatic heterocycles. The third-order valence-electron chi connectivity index (χ3n) is 3.77. The highest BCUT2D eigenvalue weighted by Gasteiger charge is 2.12. The van der Waals surface area contributed by atoms with Crippen LogP contribution in [0.3, 0.4) is 0 Å². The summed E-state index contributed by atoms with van der Waals surface area (Å²) in [7, 11) is 0. The molecule has 4 nitrogen and oxygen atoms in total. The molecule has 2 aromatic carbocycles. The van der Waals surface area contributed by atoms with Gasteiger partial charge in [0.25, 0.3) is 0 Å². The molecule has 1 atom stereocenters. The molecule has 0 fully saturated rings. The van der Waals surface area contributed by atoms with Crippen LogP contribution in [0.1, 0.15) is 30.5 Å². The first kappa shape index (κ1) is 17.2. The zero-order valence-corrected chi connectivity index (χ0v) is 13.5. The van der Waals surface area contributed by atoms with Gasteiger partial charge in [-0.1, -0.05) is 49.4 Å². The number of hydrogen-bond donors (Lipinski definition) is 3. The largest absolute Gasteiger partial charge is 0.396 e. The van der Waals surface area contributed by atoms with E-state index in [-0.39, 0.29) is 25.1 Å². The van der Waals surface area contributed by atoms with E-state index in [1.54, 1.807) is 0 Å². The average Bonchev–Trinajstić information content (AvgIpc) is 2.60. The maximum Gasteiger partial charge on any atom is 0.238 e. The zero-order chi connectivity index (χ0) is 16.5. The first-order valence-electron chi connectivity index (χ1n) is 8.01. The normalized spacial score (nSPS) is 11.9. The van der Waals surface area contributed by atoms with Gasteiger partial charge in [0.1, 0.15) is 0 Å². The molecule has 0 bridgehead atoms. The first-order chi connectivity index (χ1) is 11.2. The van der Waals surface area contributed by atoms with Gasteiger partial charge in [0, 0.05) is 18.3 Å². The number of amides is 1. The van der Waals surface area contributed by atoms with E-state index in [0.29, 0.717) is 6.42 Å². The molecule has 2 aromatic rings. The Kier molecular flexibility index (Phi) is 6.78. The summed E-state index contributed by atoms with van der Waals surface area (Å²) in [5, 5.41) is 15.3. The van der Waals surface area contributed by atoms with Crippen LogP contribution < -0.4 is 10.6 Å². The number of rotatable bonds is 8. The van der Waals surface area contributed by atoms with Crippen molar-refractivity contribution < 1.29 is 9.90 Å². The van der Waals surface area contributed by atoms with Crippen LogP contribution in [0, 0.1) is 0 Å². The molecule has 0 saturated carbocycles. The van der Waals surface area contributed by atoms with E-state index in [1.807, 2.05) is 54.6 Å². The lowest BCUT2D eigenvalue weighted by Gasteiger charge is -2.18. The molecule has 2 rings (SSSR count). The molecule has 122 valence electrons. The molecule has 23 heavy (non-hydrogen) atoms. The molecule has 0 radical (unpaired) electrons. The number of hydrogen-bond acceptors (Lipinski definition) is 3. The minimum atomic E-state index is -0.0897. The van der Waals surface area contributed by atoms with Crippen LogP contribution in [0.2, 0.25) is 0 Å². The van der Waals surface area contributed by atoms with E-state index in [4.69, 9.17) is 0 Å². The van der Waals surface area contributed by atoms with Gasteiger partial charge in [-0.05, 0) is 36.1 Å². The molecular formula is C19H24N2O2. The lowest BCUT2D eigenvalue weighted by atomic mass is 10.0. The van der Waals surface area contributed by atoms with E-state index in [0.717, 1.165) is 17.7 Å². The molecule has 0 heterocycles. The summed E-state index contributed by atoms with van der Waals surface area (Å²) in [4.78, 5) is 12.1. The van der Waals surface area contributed by atoms with Gasteiger partial charge in [0.05, 0.1) is 6.54 Å². The van der Waals surface area contributed by atoms with E-state index in [2.05, 4.69) is 17.6 Å². The number of anilines is 1. The SMILES string of the molecule is CCc1ccc(NC(=O)CNC(CCO)c2ccccc2)cc1. The van der Waals surface area contributed by atoms with Crippen molar-refractivity contribution in [3.63, 3.8) is 0 Å². The number of aliphatic hydroxyl groups is 1. The van der Waals surface area contributed by atoms with Crippen LogP contribution in [-0.4, -0.2) is 24.2 Å². The zero-order valence-electron chi connectivity index (χ0n) is 13.5. The molecule has 1 unspecified atom stereocenters. The molecular weight excluding hydrogens is 288 g/mol. The Hall–Kier alpha value is -2.17. The van der Waals surface area contributed by atoms with E-state index < -0.39 is 0 Å². The summed E-state index contributed by atoms with van der Waals surface area (Å²) in [6, 6.07) is 17.7. The number of benzene rings is 2. The highest BCUT2D eigenvalue weighted by atomic mass is 16.3. The molecule has 1 amide bonds. The highest BCUT2D eigenvalue weighted by Crippen LogP contribution is 2.16. The molecule has 0 saturated heterocycles. The lowest BCUT2D eigenvalue weighted by Crippen LogP contribution is -2.31. The van der Waals surface area contributed by atoms with Gasteiger partial charge in [-0.2, -0.15) is 0 Å². The van der Waals surface area contributed by atoms with Crippen molar-refractivity contribution in [2.75, 3.05) is 18.5 Å². The standard InChI is InChI=1S/C19H24N2O2/c1-2-15-8-10-17(11-9-15)21-19(23)14-20-18(12-13-22)16-6-4-3-5-7-16/h3-11,18,20,22H,2,12-14H2,1H3,(H,21,23). The van der Waals surface area contributed by atoms with Crippen LogP contribution in [0.5, 0.6) is 0 Å². The summed E-state index contributed by atoms with van der Waals surface area (Å²) in [6.07, 6.45) is 1.55. The topological polar surface area (TPSA) is 61.4 Å². The Morgan fingerprint density at radius 2 is 1.78 bits per heavy atom. The fourth-order valence-electron chi connectivity index (χ4n) is 2.45. The van der Waals surface area contributed by atoms with E-state index in [9.17, 15) is 9.90 Å². The Morgan fingerprint density at radius 3 is 2.39 bits per heavy atom. The molecule has 0 aliphatic rings. The van der Waals surface area contributed by atoms with Gasteiger partial charge >= 0.3 is 0 Å². The van der Waals surface area contributed by atoms with Crippen LogP contribution in [0.4, 0.5) is 5.69 Å². The second-order valence-electron chi connectivity index (χ2n) is 5.46. The Bertz CT molecular complexity index is 597. The smallest absolute Gasteiger partial charge is 0.238 e. The predicted octanol–water partition coefficient (Wildman–Crippen LogP) is 2.90. The predicted molar refractivity (Wildman–Crippen MR) is 93.3 cm³/mol. The second kappa shape index (κ2) is 9.08. The molecule has 0 aliphatic heterocycles. The van der Waals surface area contributed by atoms with Crippen molar-refractivity contribution in [1.82, 2.24) is 5.32 Å². The molecule has 3 N–H and O–H groups in total. The Balaban J connectivity index is 1.88. The number of carbonyl (C=O) groups is 1. The summed E-state index contributed by atoms with van der Waals surface area (Å²) in [5.74, 6) is -0.0897. The third-order valence-corrected chi connectivity index (χ3v) is 3.77. The summed E-state index contributed by atoms with van der Waals surface area (Å²) < 4.78 is 0. The third kappa shape index (κ3) is 5.51. The second-order valence-corrected chi connectivity index (χ2v) is 5.46. The van der Waals surface area contributed by atoms with Gasteiger partial charge in [-0.3, -0.25) is 4.79 Å². The van der Waals surface area contributed by atoms with Gasteiger partial charge in [0.2, 0.25) is 5.91 Å². The maximum absolute atomic E-state index is 12.1. The number of aliphatic hydroxyl groups excluding tert-OH is 1. The molecule has 0 spiro atoms. The molecule has 4 heteroatoms. The Morgan fingerprint density at radius 1 is 1.09 bits per heavy atom. The fraction of sp³-hybridized carbons (Fsp3) is 0.316. The van der Waals surface area contributed by atoms with Crippen molar-refractivity contribution >= 4 is 11.6 Å².